The number of fused-ring (bicyclic) bond motifs is 1. The number of hydrogen-bond donors (Lipinski definition) is 0. The highest BCUT2D eigenvalue weighted by Gasteiger charge is 2.18. The fourth-order valence-electron chi connectivity index (χ4n) is 2.30. The van der Waals surface area contributed by atoms with Gasteiger partial charge in [0.1, 0.15) is 4.83 Å². The van der Waals surface area contributed by atoms with Crippen LogP contribution in [-0.4, -0.2) is 26.9 Å². The Morgan fingerprint density at radius 3 is 2.52 bits per heavy atom. The lowest BCUT2D eigenvalue weighted by atomic mass is 10.2. The van der Waals surface area contributed by atoms with Crippen LogP contribution in [0.4, 0.5) is 0 Å². The van der Waals surface area contributed by atoms with Crippen molar-refractivity contribution < 1.29 is 4.79 Å². The van der Waals surface area contributed by atoms with Crippen LogP contribution in [0.2, 0.25) is 0 Å². The molecule has 0 radical (unpaired) electrons. The summed E-state index contributed by atoms with van der Waals surface area (Å²) < 4.78 is 2.88. The normalized spacial score (nSPS) is 11.2. The van der Waals surface area contributed by atoms with Crippen molar-refractivity contribution in [2.45, 2.75) is 33.9 Å². The van der Waals surface area contributed by atoms with Crippen molar-refractivity contribution in [3.8, 4) is 0 Å². The molecule has 0 saturated carbocycles. The Labute approximate surface area is 130 Å². The number of rotatable bonds is 6. The van der Waals surface area contributed by atoms with Gasteiger partial charge in [-0.25, -0.2) is 4.79 Å². The van der Waals surface area contributed by atoms with Crippen molar-refractivity contribution in [1.82, 2.24) is 9.13 Å². The zero-order chi connectivity index (χ0) is 15.6. The van der Waals surface area contributed by atoms with Gasteiger partial charge >= 0.3 is 5.69 Å². The van der Waals surface area contributed by atoms with Gasteiger partial charge < -0.3 is 0 Å². The summed E-state index contributed by atoms with van der Waals surface area (Å²) in [6, 6.07) is 0. The standard InChI is InChI=1S/C14H18N2O3S2/c1-4-15-12(18)11-9(3)10(8-17)21-13(11)16(14(15)19)6-7-20-5-2/h8H,4-7H2,1-3H3. The van der Waals surface area contributed by atoms with E-state index in [1.807, 2.05) is 0 Å². The van der Waals surface area contributed by atoms with Crippen LogP contribution < -0.4 is 11.2 Å². The average molecular weight is 326 g/mol. The third-order valence-corrected chi connectivity index (χ3v) is 5.54. The highest BCUT2D eigenvalue weighted by atomic mass is 32.2. The van der Waals surface area contributed by atoms with Crippen LogP contribution >= 0.6 is 23.1 Å². The first-order valence-electron chi connectivity index (χ1n) is 6.86. The van der Waals surface area contributed by atoms with E-state index >= 15 is 0 Å². The van der Waals surface area contributed by atoms with Gasteiger partial charge in [-0.05, 0) is 25.2 Å². The molecule has 0 unspecified atom stereocenters. The number of carbonyl (C=O) groups is 1. The molecule has 5 nitrogen and oxygen atoms in total. The van der Waals surface area contributed by atoms with Gasteiger partial charge in [0.2, 0.25) is 0 Å². The number of carbonyl (C=O) groups excluding carboxylic acids is 1. The number of thioether (sulfide) groups is 1. The van der Waals surface area contributed by atoms with E-state index in [1.165, 1.54) is 15.9 Å². The summed E-state index contributed by atoms with van der Waals surface area (Å²) in [6.07, 6.45) is 0.755. The number of aryl methyl sites for hydroxylation is 2. The minimum atomic E-state index is -0.293. The largest absolute Gasteiger partial charge is 0.332 e. The van der Waals surface area contributed by atoms with E-state index in [-0.39, 0.29) is 11.2 Å². The summed E-state index contributed by atoms with van der Waals surface area (Å²) in [6.45, 7) is 6.49. The maximum absolute atomic E-state index is 12.5. The van der Waals surface area contributed by atoms with Crippen LogP contribution in [0.5, 0.6) is 0 Å². The zero-order valence-electron chi connectivity index (χ0n) is 12.3. The SMILES string of the molecule is CCSCCn1c(=O)n(CC)c(=O)c2c(C)c(C=O)sc21. The molecule has 0 amide bonds. The molecular formula is C14H18N2O3S2. The predicted molar refractivity (Wildman–Crippen MR) is 89.1 cm³/mol. The van der Waals surface area contributed by atoms with Crippen molar-refractivity contribution in [3.63, 3.8) is 0 Å². The topological polar surface area (TPSA) is 61.1 Å². The minimum absolute atomic E-state index is 0.287. The van der Waals surface area contributed by atoms with Gasteiger partial charge in [-0.3, -0.25) is 18.7 Å². The van der Waals surface area contributed by atoms with Crippen LogP contribution in [0.15, 0.2) is 9.59 Å². The van der Waals surface area contributed by atoms with Crippen LogP contribution in [0.1, 0.15) is 29.1 Å². The van der Waals surface area contributed by atoms with Crippen molar-refractivity contribution in [3.05, 3.63) is 31.3 Å². The first kappa shape index (κ1) is 16.0. The van der Waals surface area contributed by atoms with E-state index in [1.54, 1.807) is 30.2 Å². The van der Waals surface area contributed by atoms with E-state index in [9.17, 15) is 14.4 Å². The number of hydrogen-bond acceptors (Lipinski definition) is 5. The van der Waals surface area contributed by atoms with Crippen LogP contribution in [0, 0.1) is 6.92 Å². The molecule has 0 saturated heterocycles. The maximum atomic E-state index is 12.5. The summed E-state index contributed by atoms with van der Waals surface area (Å²) in [4.78, 5) is 37.2. The summed E-state index contributed by atoms with van der Waals surface area (Å²) in [5, 5.41) is 0.505. The zero-order valence-corrected chi connectivity index (χ0v) is 14.0. The van der Waals surface area contributed by atoms with E-state index in [0.29, 0.717) is 33.7 Å². The highest BCUT2D eigenvalue weighted by Crippen LogP contribution is 2.26. The number of nitrogens with zero attached hydrogens (tertiary/aromatic N) is 2. The Bertz CT molecular complexity index is 786. The Morgan fingerprint density at radius 1 is 1.24 bits per heavy atom. The van der Waals surface area contributed by atoms with Gasteiger partial charge in [0, 0.05) is 18.8 Å². The van der Waals surface area contributed by atoms with Gasteiger partial charge in [-0.2, -0.15) is 11.8 Å². The lowest BCUT2D eigenvalue weighted by Gasteiger charge is -2.10. The van der Waals surface area contributed by atoms with Gasteiger partial charge in [0.05, 0.1) is 10.3 Å². The van der Waals surface area contributed by atoms with E-state index in [0.717, 1.165) is 17.8 Å². The maximum Gasteiger partial charge on any atom is 0.332 e. The molecule has 0 fully saturated rings. The lowest BCUT2D eigenvalue weighted by molar-refractivity contribution is 0.112. The molecule has 0 aliphatic carbocycles. The summed E-state index contributed by atoms with van der Waals surface area (Å²) in [5.41, 5.74) is 0.0956. The van der Waals surface area contributed by atoms with E-state index in [2.05, 4.69) is 6.92 Å². The molecule has 0 aliphatic rings. The number of thiophene rings is 1. The molecule has 7 heteroatoms. The Morgan fingerprint density at radius 2 is 1.95 bits per heavy atom. The molecule has 0 bridgehead atoms. The fourth-order valence-corrected chi connectivity index (χ4v) is 4.03. The molecule has 0 aromatic carbocycles. The molecule has 0 spiro atoms. The Hall–Kier alpha value is -1.34. The summed E-state index contributed by atoms with van der Waals surface area (Å²) >= 11 is 2.97. The average Bonchev–Trinajstić information content (AvgIpc) is 2.80. The van der Waals surface area contributed by atoms with Crippen LogP contribution in [0.3, 0.4) is 0 Å². The number of aldehydes is 1. The second-order valence-corrected chi connectivity index (χ2v) is 6.99. The first-order valence-corrected chi connectivity index (χ1v) is 8.83. The first-order chi connectivity index (χ1) is 10.1. The van der Waals surface area contributed by atoms with Crippen LogP contribution in [0.25, 0.3) is 10.2 Å². The Kier molecular flexibility index (Phi) is 5.05. The number of aromatic nitrogens is 2. The minimum Gasteiger partial charge on any atom is -0.297 e. The van der Waals surface area contributed by atoms with E-state index < -0.39 is 0 Å². The lowest BCUT2D eigenvalue weighted by Crippen LogP contribution is -2.39. The molecule has 2 rings (SSSR count). The summed E-state index contributed by atoms with van der Waals surface area (Å²) in [7, 11) is 0. The molecule has 2 aromatic heterocycles. The van der Waals surface area contributed by atoms with Crippen LogP contribution in [-0.2, 0) is 13.1 Å². The molecule has 2 aromatic rings. The van der Waals surface area contributed by atoms with Crippen molar-refractivity contribution >= 4 is 39.6 Å². The van der Waals surface area contributed by atoms with Gasteiger partial charge in [0.15, 0.2) is 6.29 Å². The molecule has 0 aliphatic heterocycles. The molecular weight excluding hydrogens is 308 g/mol. The fraction of sp³-hybridized carbons (Fsp3) is 0.500. The van der Waals surface area contributed by atoms with Gasteiger partial charge in [0.25, 0.3) is 5.56 Å². The molecule has 2 heterocycles. The third kappa shape index (κ3) is 2.72. The second kappa shape index (κ2) is 6.62. The van der Waals surface area contributed by atoms with Gasteiger partial charge in [-0.1, -0.05) is 6.92 Å². The molecule has 0 N–H and O–H groups in total. The predicted octanol–water partition coefficient (Wildman–Crippen LogP) is 2.12. The smallest absolute Gasteiger partial charge is 0.297 e. The second-order valence-electron chi connectivity index (χ2n) is 4.57. The molecule has 0 atom stereocenters. The highest BCUT2D eigenvalue weighted by molar-refractivity contribution is 7.99. The molecule has 21 heavy (non-hydrogen) atoms. The van der Waals surface area contributed by atoms with Crippen molar-refractivity contribution in [1.29, 1.82) is 0 Å². The monoisotopic (exact) mass is 326 g/mol. The quantitative estimate of drug-likeness (QED) is 0.602. The molecule has 114 valence electrons. The van der Waals surface area contributed by atoms with Gasteiger partial charge in [-0.15, -0.1) is 11.3 Å². The third-order valence-electron chi connectivity index (χ3n) is 3.42. The van der Waals surface area contributed by atoms with Crippen molar-refractivity contribution in [2.24, 2.45) is 0 Å². The van der Waals surface area contributed by atoms with Crippen molar-refractivity contribution in [2.75, 3.05) is 11.5 Å². The summed E-state index contributed by atoms with van der Waals surface area (Å²) in [5.74, 6) is 1.79. The Balaban J connectivity index is 2.78. The van der Waals surface area contributed by atoms with E-state index in [4.69, 9.17) is 0 Å².